The molecule has 2 fully saturated rings. The van der Waals surface area contributed by atoms with Gasteiger partial charge in [0.2, 0.25) is 10.8 Å². The molecule has 3 heterocycles. The third kappa shape index (κ3) is 2.57. The first kappa shape index (κ1) is 17.7. The van der Waals surface area contributed by atoms with Crippen LogP contribution >= 0.6 is 11.8 Å². The van der Waals surface area contributed by atoms with Crippen LogP contribution in [0.2, 0.25) is 0 Å². The molecule has 0 radical (unpaired) electrons. The van der Waals surface area contributed by atoms with Crippen LogP contribution in [0.5, 0.6) is 0 Å². The molecule has 0 N–H and O–H groups in total. The van der Waals surface area contributed by atoms with Gasteiger partial charge in [0.15, 0.2) is 0 Å². The van der Waals surface area contributed by atoms with Gasteiger partial charge in [-0.25, -0.2) is 0 Å². The van der Waals surface area contributed by atoms with E-state index in [-0.39, 0.29) is 11.8 Å². The number of para-hydroxylation sites is 2. The molecule has 0 aromatic heterocycles. The second-order valence-electron chi connectivity index (χ2n) is 7.12. The fourth-order valence-electron chi connectivity index (χ4n) is 4.22. The van der Waals surface area contributed by atoms with Gasteiger partial charge in [0.05, 0.1) is 31.3 Å². The monoisotopic (exact) mass is 395 g/mol. The maximum atomic E-state index is 13.8. The van der Waals surface area contributed by atoms with Crippen molar-refractivity contribution in [2.45, 2.75) is 4.87 Å². The summed E-state index contributed by atoms with van der Waals surface area (Å²) in [5, 5.41) is 0. The highest BCUT2D eigenvalue weighted by Crippen LogP contribution is 2.55. The molecule has 7 heteroatoms. The van der Waals surface area contributed by atoms with Gasteiger partial charge in [-0.05, 0) is 18.2 Å². The zero-order valence-electron chi connectivity index (χ0n) is 15.4. The van der Waals surface area contributed by atoms with E-state index < -0.39 is 4.87 Å². The van der Waals surface area contributed by atoms with E-state index in [0.29, 0.717) is 25.6 Å². The van der Waals surface area contributed by atoms with Crippen LogP contribution in [0, 0.1) is 0 Å². The van der Waals surface area contributed by atoms with Gasteiger partial charge in [0.1, 0.15) is 0 Å². The van der Waals surface area contributed by atoms with E-state index in [0.717, 1.165) is 30.0 Å². The number of amides is 2. The van der Waals surface area contributed by atoms with Crippen molar-refractivity contribution in [1.29, 1.82) is 0 Å². The number of nitrogens with zero attached hydrogens (tertiary/aromatic N) is 3. The van der Waals surface area contributed by atoms with Crippen LogP contribution in [0.15, 0.2) is 54.6 Å². The van der Waals surface area contributed by atoms with Crippen molar-refractivity contribution in [2.24, 2.45) is 0 Å². The van der Waals surface area contributed by atoms with Crippen LogP contribution in [-0.4, -0.2) is 55.4 Å². The third-order valence-electron chi connectivity index (χ3n) is 5.52. The van der Waals surface area contributed by atoms with Gasteiger partial charge in [-0.3, -0.25) is 24.3 Å². The van der Waals surface area contributed by atoms with Gasteiger partial charge in [0.25, 0.3) is 5.91 Å². The molecule has 2 aromatic carbocycles. The average Bonchev–Trinajstić information content (AvgIpc) is 3.21. The van der Waals surface area contributed by atoms with Crippen molar-refractivity contribution >= 4 is 35.0 Å². The van der Waals surface area contributed by atoms with Crippen molar-refractivity contribution in [3.05, 3.63) is 60.2 Å². The highest BCUT2D eigenvalue weighted by molar-refractivity contribution is 8.02. The van der Waals surface area contributed by atoms with Gasteiger partial charge in [-0.15, -0.1) is 11.8 Å². The summed E-state index contributed by atoms with van der Waals surface area (Å²) in [5.74, 6) is 0.216. The van der Waals surface area contributed by atoms with E-state index in [9.17, 15) is 9.59 Å². The minimum atomic E-state index is -1.03. The lowest BCUT2D eigenvalue weighted by molar-refractivity contribution is -0.124. The number of morpholine rings is 1. The van der Waals surface area contributed by atoms with Crippen LogP contribution in [0.1, 0.15) is 5.56 Å². The molecule has 0 saturated carbocycles. The lowest BCUT2D eigenvalue weighted by Gasteiger charge is -2.35. The fraction of sp³-hybridized carbons (Fsp3) is 0.333. The maximum Gasteiger partial charge on any atom is 0.269 e. The highest BCUT2D eigenvalue weighted by Gasteiger charge is 2.61. The summed E-state index contributed by atoms with van der Waals surface area (Å²) in [6.45, 7) is 3.47. The Morgan fingerprint density at radius 1 is 0.964 bits per heavy atom. The quantitative estimate of drug-likeness (QED) is 0.798. The molecule has 2 amide bonds. The van der Waals surface area contributed by atoms with Crippen LogP contribution in [0.25, 0.3) is 0 Å². The first-order chi connectivity index (χ1) is 13.7. The standard InChI is InChI=1S/C21H21N3O3S/c25-19-14-28-21(24(19)16-6-2-1-3-7-16)17-8-4-5-9-18(17)23(20(21)26)15-22-10-12-27-13-11-22/h1-9H,10-15H2. The number of carbonyl (C=O) groups excluding carboxylic acids is 2. The Hall–Kier alpha value is -2.35. The van der Waals surface area contributed by atoms with Crippen LogP contribution in [0.3, 0.4) is 0 Å². The van der Waals surface area contributed by atoms with Crippen LogP contribution < -0.4 is 9.80 Å². The zero-order valence-corrected chi connectivity index (χ0v) is 16.2. The Morgan fingerprint density at radius 2 is 1.68 bits per heavy atom. The Kier molecular flexibility index (Phi) is 4.38. The number of ether oxygens (including phenoxy) is 1. The van der Waals surface area contributed by atoms with Crippen molar-refractivity contribution in [2.75, 3.05) is 48.5 Å². The Morgan fingerprint density at radius 3 is 2.46 bits per heavy atom. The van der Waals surface area contributed by atoms with Gasteiger partial charge in [-0.2, -0.15) is 0 Å². The zero-order chi connectivity index (χ0) is 19.1. The molecule has 1 spiro atoms. The number of rotatable bonds is 3. The largest absolute Gasteiger partial charge is 0.379 e. The average molecular weight is 395 g/mol. The third-order valence-corrected chi connectivity index (χ3v) is 6.91. The number of anilines is 2. The predicted molar refractivity (Wildman–Crippen MR) is 109 cm³/mol. The normalized spacial score (nSPS) is 25.0. The van der Waals surface area contributed by atoms with E-state index in [1.54, 1.807) is 4.90 Å². The van der Waals surface area contributed by atoms with Crippen molar-refractivity contribution in [3.8, 4) is 0 Å². The molecule has 1 atom stereocenters. The van der Waals surface area contributed by atoms with Crippen LogP contribution in [-0.2, 0) is 19.2 Å². The van der Waals surface area contributed by atoms with Gasteiger partial charge < -0.3 is 4.74 Å². The lowest BCUT2D eigenvalue weighted by Crippen LogP contribution is -2.52. The van der Waals surface area contributed by atoms with E-state index in [1.165, 1.54) is 11.8 Å². The molecule has 0 aliphatic carbocycles. The minimum Gasteiger partial charge on any atom is -0.379 e. The number of thioether (sulfide) groups is 1. The van der Waals surface area contributed by atoms with E-state index in [4.69, 9.17) is 4.74 Å². The second-order valence-corrected chi connectivity index (χ2v) is 8.29. The Labute approximate surface area is 168 Å². The molecule has 5 rings (SSSR count). The summed E-state index contributed by atoms with van der Waals surface area (Å²) < 4.78 is 5.44. The number of hydrogen-bond donors (Lipinski definition) is 0. The molecule has 6 nitrogen and oxygen atoms in total. The summed E-state index contributed by atoms with van der Waals surface area (Å²) >= 11 is 1.42. The summed E-state index contributed by atoms with van der Waals surface area (Å²) in [6, 6.07) is 17.4. The second kappa shape index (κ2) is 6.92. The summed E-state index contributed by atoms with van der Waals surface area (Å²) in [5.41, 5.74) is 2.55. The number of fused-ring (bicyclic) bond motifs is 2. The molecule has 2 aromatic rings. The lowest BCUT2D eigenvalue weighted by atomic mass is 10.0. The SMILES string of the molecule is O=C1CSC2(C(=O)N(CN3CCOCC3)c3ccccc32)N1c1ccccc1. The first-order valence-electron chi connectivity index (χ1n) is 9.45. The molecular formula is C21H21N3O3S. The van der Waals surface area contributed by atoms with Crippen molar-refractivity contribution in [3.63, 3.8) is 0 Å². The van der Waals surface area contributed by atoms with Gasteiger partial charge in [-0.1, -0.05) is 36.4 Å². The number of carbonyl (C=O) groups is 2. The minimum absolute atomic E-state index is 0.0347. The highest BCUT2D eigenvalue weighted by atomic mass is 32.2. The predicted octanol–water partition coefficient (Wildman–Crippen LogP) is 2.26. The summed E-state index contributed by atoms with van der Waals surface area (Å²) in [6.07, 6.45) is 0. The topological polar surface area (TPSA) is 53.1 Å². The summed E-state index contributed by atoms with van der Waals surface area (Å²) in [7, 11) is 0. The van der Waals surface area contributed by atoms with E-state index in [2.05, 4.69) is 4.90 Å². The van der Waals surface area contributed by atoms with E-state index >= 15 is 0 Å². The molecule has 144 valence electrons. The molecule has 0 bridgehead atoms. The fourth-order valence-corrected chi connectivity index (χ4v) is 5.57. The Bertz CT molecular complexity index is 916. The van der Waals surface area contributed by atoms with Crippen LogP contribution in [0.4, 0.5) is 11.4 Å². The first-order valence-corrected chi connectivity index (χ1v) is 10.4. The number of benzene rings is 2. The molecule has 1 unspecified atom stereocenters. The van der Waals surface area contributed by atoms with Gasteiger partial charge >= 0.3 is 0 Å². The molecule has 3 aliphatic heterocycles. The molecule has 3 aliphatic rings. The van der Waals surface area contributed by atoms with E-state index in [1.807, 2.05) is 59.5 Å². The molecule has 2 saturated heterocycles. The van der Waals surface area contributed by atoms with Crippen molar-refractivity contribution in [1.82, 2.24) is 4.90 Å². The Balaban J connectivity index is 1.59. The van der Waals surface area contributed by atoms with Crippen molar-refractivity contribution < 1.29 is 14.3 Å². The van der Waals surface area contributed by atoms with Gasteiger partial charge in [0, 0.05) is 24.3 Å². The maximum absolute atomic E-state index is 13.8. The number of hydrogen-bond acceptors (Lipinski definition) is 5. The summed E-state index contributed by atoms with van der Waals surface area (Å²) in [4.78, 5) is 31.5. The smallest absolute Gasteiger partial charge is 0.269 e. The molecule has 28 heavy (non-hydrogen) atoms. The molecular weight excluding hydrogens is 374 g/mol.